The first-order valence-electron chi connectivity index (χ1n) is 5.84. The Bertz CT molecular complexity index is 402. The van der Waals surface area contributed by atoms with Crippen LogP contribution in [0.1, 0.15) is 31.2 Å². The van der Waals surface area contributed by atoms with E-state index in [0.29, 0.717) is 0 Å². The van der Waals surface area contributed by atoms with Crippen LogP contribution in [0, 0.1) is 11.3 Å². The van der Waals surface area contributed by atoms with Crippen LogP contribution in [0.3, 0.4) is 0 Å². The Morgan fingerprint density at radius 1 is 1.12 bits per heavy atom. The molecule has 16 heavy (non-hydrogen) atoms. The largest absolute Gasteiger partial charge is 0.387 e. The van der Waals surface area contributed by atoms with Crippen molar-refractivity contribution in [2.24, 2.45) is 0 Å². The lowest BCUT2D eigenvalue weighted by Gasteiger charge is -2.09. The number of nitriles is 1. The van der Waals surface area contributed by atoms with Gasteiger partial charge in [-0.25, -0.2) is 0 Å². The predicted molar refractivity (Wildman–Crippen MR) is 65.4 cm³/mol. The maximum atomic E-state index is 9.28. The summed E-state index contributed by atoms with van der Waals surface area (Å²) in [5, 5.41) is 12.7. The molecule has 1 aliphatic heterocycles. The van der Waals surface area contributed by atoms with Crippen molar-refractivity contribution in [3.05, 3.63) is 41.6 Å². The lowest BCUT2D eigenvalue weighted by Crippen LogP contribution is -2.13. The zero-order chi connectivity index (χ0) is 11.2. The van der Waals surface area contributed by atoms with E-state index < -0.39 is 0 Å². The molecule has 1 heterocycles. The summed E-state index contributed by atoms with van der Waals surface area (Å²) in [6.45, 7) is 0.993. The maximum absolute atomic E-state index is 9.28. The average Bonchev–Trinajstić information content (AvgIpc) is 2.61. The molecule has 2 heteroatoms. The molecule has 1 aromatic carbocycles. The highest BCUT2D eigenvalue weighted by molar-refractivity contribution is 5.78. The lowest BCUT2D eigenvalue weighted by molar-refractivity contribution is 0.721. The minimum atomic E-state index is 0.808. The standard InChI is InChI=1S/C14H16N2/c15-11-13(12-7-3-1-4-8-12)14-9-5-2-6-10-16-14/h1,3-4,7-8,16H,2,5-6,9-10H2. The number of hydrogen-bond donors (Lipinski definition) is 1. The topological polar surface area (TPSA) is 35.8 Å². The van der Waals surface area contributed by atoms with Gasteiger partial charge in [0, 0.05) is 12.2 Å². The van der Waals surface area contributed by atoms with Gasteiger partial charge in [0.15, 0.2) is 0 Å². The van der Waals surface area contributed by atoms with Crippen molar-refractivity contribution < 1.29 is 0 Å². The summed E-state index contributed by atoms with van der Waals surface area (Å²) in [4.78, 5) is 0. The van der Waals surface area contributed by atoms with Crippen LogP contribution in [0.5, 0.6) is 0 Å². The van der Waals surface area contributed by atoms with Gasteiger partial charge in [0.25, 0.3) is 0 Å². The van der Waals surface area contributed by atoms with Crippen LogP contribution in [0.25, 0.3) is 5.57 Å². The normalized spacial score (nSPS) is 19.2. The molecule has 0 atom stereocenters. The molecule has 82 valence electrons. The van der Waals surface area contributed by atoms with Crippen LogP contribution >= 0.6 is 0 Å². The Hall–Kier alpha value is -1.75. The first-order valence-corrected chi connectivity index (χ1v) is 5.84. The monoisotopic (exact) mass is 212 g/mol. The number of allylic oxidation sites excluding steroid dienone is 2. The third-order valence-electron chi connectivity index (χ3n) is 2.92. The average molecular weight is 212 g/mol. The minimum Gasteiger partial charge on any atom is -0.387 e. The van der Waals surface area contributed by atoms with Crippen LogP contribution in [-0.4, -0.2) is 6.54 Å². The van der Waals surface area contributed by atoms with Crippen molar-refractivity contribution in [2.45, 2.75) is 25.7 Å². The van der Waals surface area contributed by atoms with Gasteiger partial charge >= 0.3 is 0 Å². The van der Waals surface area contributed by atoms with E-state index in [4.69, 9.17) is 0 Å². The van der Waals surface area contributed by atoms with E-state index in [0.717, 1.165) is 29.8 Å². The Balaban J connectivity index is 2.34. The molecule has 1 aromatic rings. The van der Waals surface area contributed by atoms with Crippen molar-refractivity contribution in [1.29, 1.82) is 5.26 Å². The van der Waals surface area contributed by atoms with Gasteiger partial charge < -0.3 is 5.32 Å². The molecule has 0 aliphatic carbocycles. The van der Waals surface area contributed by atoms with Gasteiger partial charge in [-0.2, -0.15) is 5.26 Å². The molecular weight excluding hydrogens is 196 g/mol. The summed E-state index contributed by atoms with van der Waals surface area (Å²) in [7, 11) is 0. The summed E-state index contributed by atoms with van der Waals surface area (Å²) < 4.78 is 0. The second-order valence-electron chi connectivity index (χ2n) is 4.07. The predicted octanol–water partition coefficient (Wildman–Crippen LogP) is 3.08. The molecule has 1 fully saturated rings. The summed E-state index contributed by atoms with van der Waals surface area (Å²) >= 11 is 0. The van der Waals surface area contributed by atoms with E-state index in [1.807, 2.05) is 30.3 Å². The quantitative estimate of drug-likeness (QED) is 0.726. The highest BCUT2D eigenvalue weighted by atomic mass is 14.9. The SMILES string of the molecule is N#CC(=C1CCCCCN1)c1ccccc1. The molecular formula is C14H16N2. The van der Waals surface area contributed by atoms with Gasteiger partial charge in [-0.1, -0.05) is 36.8 Å². The van der Waals surface area contributed by atoms with Crippen molar-refractivity contribution >= 4 is 5.57 Å². The fourth-order valence-electron chi connectivity index (χ4n) is 2.06. The van der Waals surface area contributed by atoms with Gasteiger partial charge in [-0.3, -0.25) is 0 Å². The Morgan fingerprint density at radius 2 is 1.94 bits per heavy atom. The lowest BCUT2D eigenvalue weighted by atomic mass is 10.0. The zero-order valence-electron chi connectivity index (χ0n) is 9.37. The number of rotatable bonds is 1. The van der Waals surface area contributed by atoms with Gasteiger partial charge in [-0.15, -0.1) is 0 Å². The van der Waals surface area contributed by atoms with Crippen molar-refractivity contribution in [3.63, 3.8) is 0 Å². The molecule has 1 saturated heterocycles. The van der Waals surface area contributed by atoms with Crippen LogP contribution < -0.4 is 5.32 Å². The molecule has 2 nitrogen and oxygen atoms in total. The molecule has 1 aliphatic rings. The Morgan fingerprint density at radius 3 is 2.69 bits per heavy atom. The van der Waals surface area contributed by atoms with Crippen LogP contribution in [0.2, 0.25) is 0 Å². The maximum Gasteiger partial charge on any atom is 0.102 e. The first kappa shape index (κ1) is 10.8. The third-order valence-corrected chi connectivity index (χ3v) is 2.92. The van der Waals surface area contributed by atoms with Crippen molar-refractivity contribution in [1.82, 2.24) is 5.32 Å². The van der Waals surface area contributed by atoms with E-state index in [2.05, 4.69) is 11.4 Å². The van der Waals surface area contributed by atoms with Crippen molar-refractivity contribution in [3.8, 4) is 6.07 Å². The second-order valence-corrected chi connectivity index (χ2v) is 4.07. The smallest absolute Gasteiger partial charge is 0.102 e. The highest BCUT2D eigenvalue weighted by Gasteiger charge is 2.10. The molecule has 0 spiro atoms. The second kappa shape index (κ2) is 5.37. The summed E-state index contributed by atoms with van der Waals surface area (Å²) in [5.41, 5.74) is 2.95. The minimum absolute atomic E-state index is 0.808. The van der Waals surface area contributed by atoms with Crippen LogP contribution in [0.4, 0.5) is 0 Å². The summed E-state index contributed by atoms with van der Waals surface area (Å²) in [6.07, 6.45) is 4.64. The number of nitrogens with zero attached hydrogens (tertiary/aromatic N) is 1. The fraction of sp³-hybridized carbons (Fsp3) is 0.357. The van der Waals surface area contributed by atoms with E-state index in [9.17, 15) is 5.26 Å². The molecule has 0 amide bonds. The number of hydrogen-bond acceptors (Lipinski definition) is 2. The Labute approximate surface area is 96.6 Å². The molecule has 0 aromatic heterocycles. The molecule has 0 saturated carbocycles. The van der Waals surface area contributed by atoms with Gasteiger partial charge in [0.05, 0.1) is 5.57 Å². The molecule has 1 N–H and O–H groups in total. The highest BCUT2D eigenvalue weighted by Crippen LogP contribution is 2.22. The van der Waals surface area contributed by atoms with E-state index in [-0.39, 0.29) is 0 Å². The summed E-state index contributed by atoms with van der Waals surface area (Å²) in [6, 6.07) is 12.3. The van der Waals surface area contributed by atoms with Crippen molar-refractivity contribution in [2.75, 3.05) is 6.54 Å². The molecule has 0 unspecified atom stereocenters. The molecule has 0 bridgehead atoms. The molecule has 0 radical (unpaired) electrons. The first-order chi connectivity index (χ1) is 7.92. The summed E-state index contributed by atoms with van der Waals surface area (Å²) in [5.74, 6) is 0. The number of nitrogens with one attached hydrogen (secondary N) is 1. The van der Waals surface area contributed by atoms with E-state index >= 15 is 0 Å². The fourth-order valence-corrected chi connectivity index (χ4v) is 2.06. The van der Waals surface area contributed by atoms with Gasteiger partial charge in [0.1, 0.15) is 6.07 Å². The number of benzene rings is 1. The van der Waals surface area contributed by atoms with Crippen LogP contribution in [0.15, 0.2) is 36.0 Å². The van der Waals surface area contributed by atoms with Gasteiger partial charge in [0.2, 0.25) is 0 Å². The van der Waals surface area contributed by atoms with Gasteiger partial charge in [-0.05, 0) is 24.8 Å². The van der Waals surface area contributed by atoms with Crippen LogP contribution in [-0.2, 0) is 0 Å². The molecule has 2 rings (SSSR count). The Kier molecular flexibility index (Phi) is 3.61. The zero-order valence-corrected chi connectivity index (χ0v) is 9.37. The van der Waals surface area contributed by atoms with E-state index in [1.165, 1.54) is 19.3 Å². The van der Waals surface area contributed by atoms with E-state index in [1.54, 1.807) is 0 Å². The third kappa shape index (κ3) is 2.43.